The van der Waals surface area contributed by atoms with Gasteiger partial charge in [0.25, 0.3) is 0 Å². The molecule has 0 amide bonds. The molecular formula is C11H14N2O2. The number of unbranched alkanes of at least 4 members (excludes halogenated alkanes) is 1. The summed E-state index contributed by atoms with van der Waals surface area (Å²) in [5.74, 6) is 0.827. The molecule has 4 nitrogen and oxygen atoms in total. The van der Waals surface area contributed by atoms with Crippen LogP contribution in [0.15, 0.2) is 29.0 Å². The van der Waals surface area contributed by atoms with E-state index < -0.39 is 0 Å². The van der Waals surface area contributed by atoms with Crippen LogP contribution in [0, 0.1) is 0 Å². The van der Waals surface area contributed by atoms with Crippen molar-refractivity contribution in [2.24, 2.45) is 5.73 Å². The highest BCUT2D eigenvalue weighted by molar-refractivity contribution is 5.73. The predicted molar refractivity (Wildman–Crippen MR) is 57.8 cm³/mol. The van der Waals surface area contributed by atoms with E-state index in [1.165, 1.54) is 6.39 Å². The minimum Gasteiger partial charge on any atom is -0.494 e. The zero-order valence-electron chi connectivity index (χ0n) is 8.48. The van der Waals surface area contributed by atoms with Gasteiger partial charge in [-0.1, -0.05) is 0 Å². The van der Waals surface area contributed by atoms with Crippen molar-refractivity contribution in [1.82, 2.24) is 4.98 Å². The second-order valence-corrected chi connectivity index (χ2v) is 3.33. The number of rotatable bonds is 5. The maximum Gasteiger partial charge on any atom is 0.181 e. The minimum atomic E-state index is 0.695. The van der Waals surface area contributed by atoms with Gasteiger partial charge in [-0.3, -0.25) is 0 Å². The van der Waals surface area contributed by atoms with Gasteiger partial charge in [0.1, 0.15) is 11.3 Å². The summed E-state index contributed by atoms with van der Waals surface area (Å²) >= 11 is 0. The van der Waals surface area contributed by atoms with Gasteiger partial charge in [-0.05, 0) is 31.5 Å². The fourth-order valence-electron chi connectivity index (χ4n) is 1.36. The van der Waals surface area contributed by atoms with Crippen LogP contribution in [0.1, 0.15) is 12.8 Å². The second kappa shape index (κ2) is 4.79. The zero-order chi connectivity index (χ0) is 10.5. The Morgan fingerprint density at radius 2 is 2.27 bits per heavy atom. The van der Waals surface area contributed by atoms with Crippen molar-refractivity contribution in [3.8, 4) is 5.75 Å². The lowest BCUT2D eigenvalue weighted by atomic mass is 10.3. The number of fused-ring (bicyclic) bond motifs is 1. The van der Waals surface area contributed by atoms with E-state index in [4.69, 9.17) is 14.9 Å². The largest absolute Gasteiger partial charge is 0.494 e. The topological polar surface area (TPSA) is 61.3 Å². The molecule has 80 valence electrons. The van der Waals surface area contributed by atoms with Crippen LogP contribution in [0.25, 0.3) is 11.1 Å². The van der Waals surface area contributed by atoms with Crippen LogP contribution < -0.4 is 10.5 Å². The Hall–Kier alpha value is -1.55. The van der Waals surface area contributed by atoms with Crippen LogP contribution in [0.4, 0.5) is 0 Å². The van der Waals surface area contributed by atoms with Crippen molar-refractivity contribution in [1.29, 1.82) is 0 Å². The third-order valence-corrected chi connectivity index (χ3v) is 2.17. The molecule has 2 aromatic rings. The molecule has 0 atom stereocenters. The standard InChI is InChI=1S/C11H14N2O2/c12-5-1-2-6-14-9-3-4-11-10(7-9)13-8-15-11/h3-4,7-8H,1-2,5-6,12H2. The minimum absolute atomic E-state index is 0.695. The van der Waals surface area contributed by atoms with Crippen LogP contribution in [-0.4, -0.2) is 18.1 Å². The van der Waals surface area contributed by atoms with Crippen LogP contribution in [0.3, 0.4) is 0 Å². The van der Waals surface area contributed by atoms with Gasteiger partial charge in [-0.15, -0.1) is 0 Å². The van der Waals surface area contributed by atoms with Crippen LogP contribution in [-0.2, 0) is 0 Å². The van der Waals surface area contributed by atoms with Gasteiger partial charge in [0.2, 0.25) is 0 Å². The fourth-order valence-corrected chi connectivity index (χ4v) is 1.36. The van der Waals surface area contributed by atoms with Gasteiger partial charge < -0.3 is 14.9 Å². The molecule has 0 saturated carbocycles. The summed E-state index contributed by atoms with van der Waals surface area (Å²) in [6, 6.07) is 5.62. The summed E-state index contributed by atoms with van der Waals surface area (Å²) < 4.78 is 10.7. The van der Waals surface area contributed by atoms with E-state index in [1.54, 1.807) is 0 Å². The van der Waals surface area contributed by atoms with Gasteiger partial charge in [-0.2, -0.15) is 0 Å². The summed E-state index contributed by atoms with van der Waals surface area (Å²) in [6.07, 6.45) is 3.41. The van der Waals surface area contributed by atoms with Crippen molar-refractivity contribution >= 4 is 11.1 Å². The molecule has 1 aromatic heterocycles. The molecule has 15 heavy (non-hydrogen) atoms. The van der Waals surface area contributed by atoms with E-state index in [1.807, 2.05) is 18.2 Å². The van der Waals surface area contributed by atoms with Gasteiger partial charge in [-0.25, -0.2) is 4.98 Å². The first-order chi connectivity index (χ1) is 7.40. The first-order valence-electron chi connectivity index (χ1n) is 5.06. The van der Waals surface area contributed by atoms with E-state index >= 15 is 0 Å². The van der Waals surface area contributed by atoms with E-state index in [0.717, 1.165) is 29.7 Å². The van der Waals surface area contributed by atoms with Crippen LogP contribution in [0.2, 0.25) is 0 Å². The number of nitrogens with zero attached hydrogens (tertiary/aromatic N) is 1. The van der Waals surface area contributed by atoms with E-state index in [-0.39, 0.29) is 0 Å². The fraction of sp³-hybridized carbons (Fsp3) is 0.364. The number of hydrogen-bond donors (Lipinski definition) is 1. The second-order valence-electron chi connectivity index (χ2n) is 3.33. The molecule has 0 bridgehead atoms. The number of hydrogen-bond acceptors (Lipinski definition) is 4. The Balaban J connectivity index is 1.96. The Kier molecular flexibility index (Phi) is 3.19. The number of aromatic nitrogens is 1. The molecule has 0 unspecified atom stereocenters. The summed E-state index contributed by atoms with van der Waals surface area (Å²) in [5.41, 5.74) is 7.00. The predicted octanol–water partition coefficient (Wildman–Crippen LogP) is 1.95. The van der Waals surface area contributed by atoms with Crippen molar-refractivity contribution in [2.75, 3.05) is 13.2 Å². The Morgan fingerprint density at radius 1 is 1.33 bits per heavy atom. The molecule has 0 aliphatic rings. The maximum absolute atomic E-state index is 5.55. The van der Waals surface area contributed by atoms with E-state index in [0.29, 0.717) is 13.2 Å². The number of ether oxygens (including phenoxy) is 1. The van der Waals surface area contributed by atoms with Crippen LogP contribution >= 0.6 is 0 Å². The lowest BCUT2D eigenvalue weighted by molar-refractivity contribution is 0.308. The lowest BCUT2D eigenvalue weighted by Gasteiger charge is -2.04. The third kappa shape index (κ3) is 2.47. The Bertz CT molecular complexity index is 425. The Morgan fingerprint density at radius 3 is 3.13 bits per heavy atom. The molecule has 0 saturated heterocycles. The SMILES string of the molecule is NCCCCOc1ccc2ocnc2c1. The molecule has 2 rings (SSSR count). The molecule has 1 aromatic carbocycles. The van der Waals surface area contributed by atoms with Crippen molar-refractivity contribution in [3.63, 3.8) is 0 Å². The quantitative estimate of drug-likeness (QED) is 0.759. The zero-order valence-corrected chi connectivity index (χ0v) is 8.48. The molecule has 0 fully saturated rings. The molecule has 0 aliphatic carbocycles. The maximum atomic E-state index is 5.55. The van der Waals surface area contributed by atoms with Crippen LogP contribution in [0.5, 0.6) is 5.75 Å². The summed E-state index contributed by atoms with van der Waals surface area (Å²) in [7, 11) is 0. The highest BCUT2D eigenvalue weighted by atomic mass is 16.5. The highest BCUT2D eigenvalue weighted by Gasteiger charge is 2.00. The first kappa shape index (κ1) is 9.98. The lowest BCUT2D eigenvalue weighted by Crippen LogP contribution is -2.03. The molecule has 2 N–H and O–H groups in total. The normalized spacial score (nSPS) is 10.7. The van der Waals surface area contributed by atoms with Gasteiger partial charge >= 0.3 is 0 Å². The third-order valence-electron chi connectivity index (χ3n) is 2.17. The summed E-state index contributed by atoms with van der Waals surface area (Å²) in [5, 5.41) is 0. The summed E-state index contributed by atoms with van der Waals surface area (Å²) in [6.45, 7) is 1.41. The van der Waals surface area contributed by atoms with Gasteiger partial charge in [0.15, 0.2) is 12.0 Å². The van der Waals surface area contributed by atoms with Crippen molar-refractivity contribution in [2.45, 2.75) is 12.8 Å². The van der Waals surface area contributed by atoms with Crippen molar-refractivity contribution in [3.05, 3.63) is 24.6 Å². The monoisotopic (exact) mass is 206 g/mol. The molecule has 0 spiro atoms. The highest BCUT2D eigenvalue weighted by Crippen LogP contribution is 2.19. The number of oxazole rings is 1. The number of benzene rings is 1. The van der Waals surface area contributed by atoms with E-state index in [9.17, 15) is 0 Å². The first-order valence-corrected chi connectivity index (χ1v) is 5.06. The average Bonchev–Trinajstić information content (AvgIpc) is 2.71. The van der Waals surface area contributed by atoms with Gasteiger partial charge in [0, 0.05) is 6.07 Å². The molecule has 0 radical (unpaired) electrons. The Labute approximate surface area is 88.0 Å². The molecule has 0 aliphatic heterocycles. The number of nitrogens with two attached hydrogens (primary N) is 1. The molecule has 1 heterocycles. The summed E-state index contributed by atoms with van der Waals surface area (Å²) in [4.78, 5) is 4.06. The van der Waals surface area contributed by atoms with Crippen molar-refractivity contribution < 1.29 is 9.15 Å². The molecule has 4 heteroatoms. The van der Waals surface area contributed by atoms with E-state index in [2.05, 4.69) is 4.98 Å². The van der Waals surface area contributed by atoms with Gasteiger partial charge in [0.05, 0.1) is 6.61 Å². The smallest absolute Gasteiger partial charge is 0.181 e. The molecular weight excluding hydrogens is 192 g/mol. The average molecular weight is 206 g/mol.